The summed E-state index contributed by atoms with van der Waals surface area (Å²) in [6, 6.07) is 8.12. The second-order valence-electron chi connectivity index (χ2n) is 4.65. The average molecular weight is 243 g/mol. The molecule has 1 fully saturated rings. The van der Waals surface area contributed by atoms with Crippen molar-refractivity contribution in [3.05, 3.63) is 24.3 Å². The van der Waals surface area contributed by atoms with E-state index in [1.165, 1.54) is 0 Å². The molecule has 3 rings (SSSR count). The highest BCUT2D eigenvalue weighted by atomic mass is 15.3. The molecule has 0 radical (unpaired) electrons. The first-order chi connectivity index (χ1) is 8.79. The Morgan fingerprint density at radius 2 is 1.94 bits per heavy atom. The third-order valence-electron chi connectivity index (χ3n) is 3.50. The molecule has 94 valence electrons. The number of aromatic nitrogens is 2. The topological polar surface area (TPSA) is 81.1 Å². The first-order valence-corrected chi connectivity index (χ1v) is 6.28. The molecule has 0 aliphatic carbocycles. The van der Waals surface area contributed by atoms with Gasteiger partial charge in [0.2, 0.25) is 0 Å². The summed E-state index contributed by atoms with van der Waals surface area (Å²) in [5.74, 6) is 1.27. The van der Waals surface area contributed by atoms with Gasteiger partial charge in [-0.3, -0.25) is 0 Å². The maximum Gasteiger partial charge on any atom is 0.172 e. The third-order valence-corrected chi connectivity index (χ3v) is 3.50. The van der Waals surface area contributed by atoms with Crippen LogP contribution in [0.3, 0.4) is 0 Å². The molecule has 1 aromatic heterocycles. The lowest BCUT2D eigenvalue weighted by Crippen LogP contribution is -2.36. The zero-order valence-corrected chi connectivity index (χ0v) is 10.2. The minimum Gasteiger partial charge on any atom is -0.381 e. The summed E-state index contributed by atoms with van der Waals surface area (Å²) in [7, 11) is 0. The van der Waals surface area contributed by atoms with Crippen molar-refractivity contribution in [3.8, 4) is 0 Å². The maximum absolute atomic E-state index is 6.03. The Balaban J connectivity index is 2.08. The van der Waals surface area contributed by atoms with E-state index in [1.54, 1.807) is 0 Å². The van der Waals surface area contributed by atoms with Gasteiger partial charge in [-0.15, -0.1) is 0 Å². The number of rotatable bonds is 2. The number of benzene rings is 1. The van der Waals surface area contributed by atoms with E-state index in [2.05, 4.69) is 14.9 Å². The number of nitrogen functional groups attached to an aromatic ring is 1. The number of nitrogens with zero attached hydrogens (tertiary/aromatic N) is 3. The second-order valence-corrected chi connectivity index (χ2v) is 4.65. The molecule has 18 heavy (non-hydrogen) atoms. The van der Waals surface area contributed by atoms with Crippen molar-refractivity contribution in [1.29, 1.82) is 0 Å². The van der Waals surface area contributed by atoms with Gasteiger partial charge >= 0.3 is 0 Å². The van der Waals surface area contributed by atoms with Gasteiger partial charge in [0.05, 0.1) is 11.0 Å². The Bertz CT molecular complexity index is 568. The van der Waals surface area contributed by atoms with Crippen LogP contribution >= 0.6 is 0 Å². The lowest BCUT2D eigenvalue weighted by molar-refractivity contribution is 0.672. The lowest BCUT2D eigenvalue weighted by atomic mass is 10.2. The highest BCUT2D eigenvalue weighted by Gasteiger charge is 2.26. The summed E-state index contributed by atoms with van der Waals surface area (Å²) in [5, 5.41) is 0. The molecule has 0 unspecified atom stereocenters. The summed E-state index contributed by atoms with van der Waals surface area (Å²) < 4.78 is 0. The molecule has 0 bridgehead atoms. The molecule has 2 aromatic rings. The van der Waals surface area contributed by atoms with Crippen molar-refractivity contribution in [2.75, 3.05) is 23.7 Å². The Labute approximate surface area is 106 Å². The van der Waals surface area contributed by atoms with Crippen LogP contribution < -0.4 is 16.4 Å². The van der Waals surface area contributed by atoms with Gasteiger partial charge in [0.15, 0.2) is 11.6 Å². The van der Waals surface area contributed by atoms with Gasteiger partial charge in [0.25, 0.3) is 0 Å². The van der Waals surface area contributed by atoms with Gasteiger partial charge in [0, 0.05) is 19.1 Å². The van der Waals surface area contributed by atoms with Crippen LogP contribution in [0.2, 0.25) is 0 Å². The molecule has 1 saturated heterocycles. The molecular formula is C13H17N5. The number of hydrogen-bond acceptors (Lipinski definition) is 5. The molecule has 5 nitrogen and oxygen atoms in total. The summed E-state index contributed by atoms with van der Waals surface area (Å²) in [5.41, 5.74) is 13.5. The van der Waals surface area contributed by atoms with E-state index in [-0.39, 0.29) is 0 Å². The summed E-state index contributed by atoms with van der Waals surface area (Å²) in [4.78, 5) is 11.2. The van der Waals surface area contributed by atoms with E-state index in [0.717, 1.165) is 36.2 Å². The van der Waals surface area contributed by atoms with E-state index >= 15 is 0 Å². The zero-order valence-electron chi connectivity index (χ0n) is 10.2. The predicted octanol–water partition coefficient (Wildman–Crippen LogP) is 1.14. The fraction of sp³-hybridized carbons (Fsp3) is 0.385. The first kappa shape index (κ1) is 11.2. The van der Waals surface area contributed by atoms with Crippen LogP contribution in [-0.2, 0) is 0 Å². The Hall–Kier alpha value is -1.88. The van der Waals surface area contributed by atoms with Crippen LogP contribution in [0.25, 0.3) is 11.0 Å². The molecular weight excluding hydrogens is 226 g/mol. The predicted molar refractivity (Wildman–Crippen MR) is 73.4 cm³/mol. The fourth-order valence-electron chi connectivity index (χ4n) is 2.58. The number of hydrogen-bond donors (Lipinski definition) is 2. The molecule has 2 heterocycles. The molecule has 1 aromatic carbocycles. The smallest absolute Gasteiger partial charge is 0.172 e. The minimum atomic E-state index is 0.336. The van der Waals surface area contributed by atoms with Crippen LogP contribution in [0, 0.1) is 0 Å². The SMILES string of the molecule is NC[C@H]1CCCN1c1nc2ccccc2nc1N. The molecule has 0 saturated carbocycles. The highest BCUT2D eigenvalue weighted by Crippen LogP contribution is 2.28. The summed E-state index contributed by atoms with van der Waals surface area (Å²) >= 11 is 0. The van der Waals surface area contributed by atoms with Gasteiger partial charge < -0.3 is 16.4 Å². The van der Waals surface area contributed by atoms with Crippen molar-refractivity contribution in [2.24, 2.45) is 5.73 Å². The molecule has 5 heteroatoms. The zero-order chi connectivity index (χ0) is 12.5. The Morgan fingerprint density at radius 3 is 2.67 bits per heavy atom. The quantitative estimate of drug-likeness (QED) is 0.826. The van der Waals surface area contributed by atoms with Crippen LogP contribution in [0.4, 0.5) is 11.6 Å². The largest absolute Gasteiger partial charge is 0.381 e. The van der Waals surface area contributed by atoms with Gasteiger partial charge in [-0.05, 0) is 25.0 Å². The number of fused-ring (bicyclic) bond motifs is 1. The van der Waals surface area contributed by atoms with E-state index in [4.69, 9.17) is 11.5 Å². The summed E-state index contributed by atoms with van der Waals surface area (Å²) in [6.45, 7) is 1.59. The number of para-hydroxylation sites is 2. The molecule has 4 N–H and O–H groups in total. The Kier molecular flexibility index (Phi) is 2.76. The monoisotopic (exact) mass is 243 g/mol. The van der Waals surface area contributed by atoms with Crippen LogP contribution in [0.15, 0.2) is 24.3 Å². The normalized spacial score (nSPS) is 19.6. The molecule has 1 aliphatic rings. The van der Waals surface area contributed by atoms with E-state index < -0.39 is 0 Å². The van der Waals surface area contributed by atoms with Gasteiger partial charge in [-0.25, -0.2) is 9.97 Å². The molecule has 0 spiro atoms. The van der Waals surface area contributed by atoms with Gasteiger partial charge in [-0.1, -0.05) is 12.1 Å². The van der Waals surface area contributed by atoms with Crippen molar-refractivity contribution in [3.63, 3.8) is 0 Å². The van der Waals surface area contributed by atoms with E-state index in [9.17, 15) is 0 Å². The van der Waals surface area contributed by atoms with E-state index in [1.807, 2.05) is 24.3 Å². The van der Waals surface area contributed by atoms with Crippen molar-refractivity contribution in [1.82, 2.24) is 9.97 Å². The van der Waals surface area contributed by atoms with Gasteiger partial charge in [0.1, 0.15) is 0 Å². The van der Waals surface area contributed by atoms with Crippen molar-refractivity contribution >= 4 is 22.7 Å². The van der Waals surface area contributed by atoms with Crippen molar-refractivity contribution < 1.29 is 0 Å². The Morgan fingerprint density at radius 1 is 1.22 bits per heavy atom. The van der Waals surface area contributed by atoms with Crippen LogP contribution in [0.1, 0.15) is 12.8 Å². The molecule has 1 aliphatic heterocycles. The second kappa shape index (κ2) is 4.42. The third kappa shape index (κ3) is 1.76. The van der Waals surface area contributed by atoms with Crippen LogP contribution in [0.5, 0.6) is 0 Å². The molecule has 1 atom stereocenters. The number of nitrogens with two attached hydrogens (primary N) is 2. The van der Waals surface area contributed by atoms with E-state index in [0.29, 0.717) is 18.4 Å². The van der Waals surface area contributed by atoms with Crippen LogP contribution in [-0.4, -0.2) is 29.1 Å². The fourth-order valence-corrected chi connectivity index (χ4v) is 2.58. The maximum atomic E-state index is 6.03. The average Bonchev–Trinajstić information content (AvgIpc) is 2.86. The lowest BCUT2D eigenvalue weighted by Gasteiger charge is -2.25. The highest BCUT2D eigenvalue weighted by molar-refractivity contribution is 5.79. The first-order valence-electron chi connectivity index (χ1n) is 6.28. The van der Waals surface area contributed by atoms with Crippen molar-refractivity contribution in [2.45, 2.75) is 18.9 Å². The number of anilines is 2. The standard InChI is InChI=1S/C13H17N5/c14-8-9-4-3-7-18(9)13-12(15)16-10-5-1-2-6-11(10)17-13/h1-2,5-6,9H,3-4,7-8,14H2,(H2,15,16)/t9-/m1/s1. The van der Waals surface area contributed by atoms with Gasteiger partial charge in [-0.2, -0.15) is 0 Å². The summed E-state index contributed by atoms with van der Waals surface area (Å²) in [6.07, 6.45) is 2.24. The minimum absolute atomic E-state index is 0.336. The molecule has 0 amide bonds.